The van der Waals surface area contributed by atoms with Gasteiger partial charge in [0, 0.05) is 19.3 Å². The number of rotatable bonds is 3. The number of phenols is 1. The molecule has 2 N–H and O–H groups in total. The Balaban J connectivity index is 2.07. The number of amides is 1. The van der Waals surface area contributed by atoms with Crippen molar-refractivity contribution in [3.05, 3.63) is 52.8 Å². The van der Waals surface area contributed by atoms with Gasteiger partial charge in [0.05, 0.1) is 0 Å². The smallest absolute Gasteiger partial charge is 0.268 e. The predicted molar refractivity (Wildman–Crippen MR) is 74.2 cm³/mol. The van der Waals surface area contributed by atoms with Crippen molar-refractivity contribution in [3.63, 3.8) is 0 Å². The van der Waals surface area contributed by atoms with Crippen molar-refractivity contribution >= 4 is 5.91 Å². The molecule has 0 aliphatic carbocycles. The number of benzene rings is 1. The second-order valence-electron chi connectivity index (χ2n) is 4.71. The summed E-state index contributed by atoms with van der Waals surface area (Å²) in [5.74, 6) is 0.0966. The van der Waals surface area contributed by atoms with Gasteiger partial charge >= 0.3 is 0 Å². The van der Waals surface area contributed by atoms with E-state index in [9.17, 15) is 9.90 Å². The molecule has 0 saturated carbocycles. The number of carbonyl (C=O) groups excluding carboxylic acids is 1. The molecule has 100 valence electrons. The van der Waals surface area contributed by atoms with E-state index < -0.39 is 0 Å². The lowest BCUT2D eigenvalue weighted by atomic mass is 10.2. The first-order valence-corrected chi connectivity index (χ1v) is 6.18. The van der Waals surface area contributed by atoms with E-state index in [2.05, 4.69) is 5.32 Å². The van der Waals surface area contributed by atoms with Crippen LogP contribution in [0.5, 0.6) is 5.75 Å². The molecule has 1 aromatic carbocycles. The lowest BCUT2D eigenvalue weighted by molar-refractivity contribution is 0.0942. The molecule has 0 saturated heterocycles. The van der Waals surface area contributed by atoms with Gasteiger partial charge in [0.25, 0.3) is 5.91 Å². The molecular formula is C15H18N2O2. The maximum absolute atomic E-state index is 12.1. The molecule has 0 unspecified atom stereocenters. The van der Waals surface area contributed by atoms with E-state index in [-0.39, 0.29) is 11.7 Å². The summed E-state index contributed by atoms with van der Waals surface area (Å²) in [6, 6.07) is 8.75. The van der Waals surface area contributed by atoms with Crippen LogP contribution in [0.1, 0.15) is 27.3 Å². The lowest BCUT2D eigenvalue weighted by Crippen LogP contribution is -2.25. The van der Waals surface area contributed by atoms with Crippen LogP contribution in [0.2, 0.25) is 0 Å². The van der Waals surface area contributed by atoms with E-state index in [1.807, 2.05) is 37.6 Å². The number of aromatic hydroxyl groups is 1. The number of hydrogen-bond acceptors (Lipinski definition) is 2. The SMILES string of the molecule is Cc1cc(C(=O)NCc2cccc(O)c2)n(C)c1C. The van der Waals surface area contributed by atoms with Gasteiger partial charge in [0.15, 0.2) is 0 Å². The van der Waals surface area contributed by atoms with E-state index in [0.29, 0.717) is 12.2 Å². The van der Waals surface area contributed by atoms with Gasteiger partial charge in [0.1, 0.15) is 11.4 Å². The minimum absolute atomic E-state index is 0.109. The molecular weight excluding hydrogens is 240 g/mol. The zero-order chi connectivity index (χ0) is 14.0. The fourth-order valence-corrected chi connectivity index (χ4v) is 2.01. The number of nitrogens with one attached hydrogen (secondary N) is 1. The van der Waals surface area contributed by atoms with Gasteiger partial charge in [-0.1, -0.05) is 12.1 Å². The van der Waals surface area contributed by atoms with Gasteiger partial charge in [-0.2, -0.15) is 0 Å². The van der Waals surface area contributed by atoms with Crippen molar-refractivity contribution in [1.29, 1.82) is 0 Å². The fraction of sp³-hybridized carbons (Fsp3) is 0.267. The molecule has 0 aliphatic heterocycles. The van der Waals surface area contributed by atoms with Gasteiger partial charge < -0.3 is 15.0 Å². The summed E-state index contributed by atoms with van der Waals surface area (Å²) < 4.78 is 1.88. The Labute approximate surface area is 112 Å². The normalized spacial score (nSPS) is 10.5. The largest absolute Gasteiger partial charge is 0.508 e. The van der Waals surface area contributed by atoms with Crippen molar-refractivity contribution in [2.24, 2.45) is 7.05 Å². The van der Waals surface area contributed by atoms with Crippen LogP contribution in [-0.2, 0) is 13.6 Å². The molecule has 0 spiro atoms. The Hall–Kier alpha value is -2.23. The maximum atomic E-state index is 12.1. The molecule has 1 amide bonds. The Kier molecular flexibility index (Phi) is 3.60. The molecule has 19 heavy (non-hydrogen) atoms. The zero-order valence-corrected chi connectivity index (χ0v) is 11.4. The van der Waals surface area contributed by atoms with Crippen molar-refractivity contribution < 1.29 is 9.90 Å². The highest BCUT2D eigenvalue weighted by Crippen LogP contribution is 2.13. The lowest BCUT2D eigenvalue weighted by Gasteiger charge is -2.07. The zero-order valence-electron chi connectivity index (χ0n) is 11.4. The quantitative estimate of drug-likeness (QED) is 0.887. The van der Waals surface area contributed by atoms with Crippen molar-refractivity contribution in [2.45, 2.75) is 20.4 Å². The second kappa shape index (κ2) is 5.18. The minimum Gasteiger partial charge on any atom is -0.508 e. The number of phenolic OH excluding ortho intramolecular Hbond substituents is 1. The van der Waals surface area contributed by atoms with Crippen LogP contribution in [0.15, 0.2) is 30.3 Å². The molecule has 0 atom stereocenters. The first-order chi connectivity index (χ1) is 8.99. The van der Waals surface area contributed by atoms with Gasteiger partial charge in [0.2, 0.25) is 0 Å². The van der Waals surface area contributed by atoms with Crippen LogP contribution >= 0.6 is 0 Å². The first kappa shape index (κ1) is 13.2. The third kappa shape index (κ3) is 2.78. The molecule has 4 nitrogen and oxygen atoms in total. The minimum atomic E-state index is -0.109. The Morgan fingerprint density at radius 1 is 1.32 bits per heavy atom. The van der Waals surface area contributed by atoms with Crippen LogP contribution in [0.3, 0.4) is 0 Å². The topological polar surface area (TPSA) is 54.3 Å². The van der Waals surface area contributed by atoms with Crippen LogP contribution < -0.4 is 5.32 Å². The van der Waals surface area contributed by atoms with Crippen LogP contribution in [-0.4, -0.2) is 15.6 Å². The fourth-order valence-electron chi connectivity index (χ4n) is 2.01. The summed E-state index contributed by atoms with van der Waals surface area (Å²) in [6.07, 6.45) is 0. The Morgan fingerprint density at radius 2 is 2.05 bits per heavy atom. The molecule has 0 aliphatic rings. The standard InChI is InChI=1S/C15H18N2O2/c1-10-7-14(17(3)11(10)2)15(19)16-9-12-5-4-6-13(18)8-12/h4-8,18H,9H2,1-3H3,(H,16,19). The number of carbonyl (C=O) groups is 1. The highest BCUT2D eigenvalue weighted by Gasteiger charge is 2.12. The van der Waals surface area contributed by atoms with Crippen LogP contribution in [0.4, 0.5) is 0 Å². The molecule has 4 heteroatoms. The summed E-state index contributed by atoms with van der Waals surface area (Å²) in [6.45, 7) is 4.37. The molecule has 2 rings (SSSR count). The van der Waals surface area contributed by atoms with Crippen molar-refractivity contribution in [3.8, 4) is 5.75 Å². The molecule has 1 aromatic heterocycles. The van der Waals surface area contributed by atoms with Gasteiger partial charge in [-0.3, -0.25) is 4.79 Å². The number of nitrogens with zero attached hydrogens (tertiary/aromatic N) is 1. The molecule has 2 aromatic rings. The average Bonchev–Trinajstić information content (AvgIpc) is 2.64. The summed E-state index contributed by atoms with van der Waals surface area (Å²) in [7, 11) is 1.88. The summed E-state index contributed by atoms with van der Waals surface area (Å²) in [4.78, 5) is 12.1. The number of hydrogen-bond donors (Lipinski definition) is 2. The van der Waals surface area contributed by atoms with E-state index in [1.165, 1.54) is 0 Å². The highest BCUT2D eigenvalue weighted by molar-refractivity contribution is 5.93. The molecule has 0 fully saturated rings. The monoisotopic (exact) mass is 258 g/mol. The van der Waals surface area contributed by atoms with E-state index in [0.717, 1.165) is 16.8 Å². The van der Waals surface area contributed by atoms with E-state index in [1.54, 1.807) is 18.2 Å². The molecule has 1 heterocycles. The second-order valence-corrected chi connectivity index (χ2v) is 4.71. The van der Waals surface area contributed by atoms with E-state index in [4.69, 9.17) is 0 Å². The Bertz CT molecular complexity index is 615. The third-order valence-corrected chi connectivity index (χ3v) is 3.38. The van der Waals surface area contributed by atoms with Gasteiger partial charge in [-0.15, -0.1) is 0 Å². The maximum Gasteiger partial charge on any atom is 0.268 e. The predicted octanol–water partition coefficient (Wildman–Crippen LogP) is 2.28. The average molecular weight is 258 g/mol. The summed E-state index contributed by atoms with van der Waals surface area (Å²) in [5.41, 5.74) is 3.71. The van der Waals surface area contributed by atoms with Gasteiger partial charge in [-0.05, 0) is 43.2 Å². The van der Waals surface area contributed by atoms with Crippen LogP contribution in [0.25, 0.3) is 0 Å². The van der Waals surface area contributed by atoms with Crippen molar-refractivity contribution in [2.75, 3.05) is 0 Å². The van der Waals surface area contributed by atoms with Gasteiger partial charge in [-0.25, -0.2) is 0 Å². The first-order valence-electron chi connectivity index (χ1n) is 6.18. The number of aryl methyl sites for hydroxylation is 1. The number of aromatic nitrogens is 1. The molecule has 0 radical (unpaired) electrons. The Morgan fingerprint density at radius 3 is 2.63 bits per heavy atom. The summed E-state index contributed by atoms with van der Waals surface area (Å²) >= 11 is 0. The van der Waals surface area contributed by atoms with E-state index >= 15 is 0 Å². The van der Waals surface area contributed by atoms with Crippen LogP contribution in [0, 0.1) is 13.8 Å². The highest BCUT2D eigenvalue weighted by atomic mass is 16.3. The molecule has 0 bridgehead atoms. The summed E-state index contributed by atoms with van der Waals surface area (Å²) in [5, 5.41) is 12.2. The van der Waals surface area contributed by atoms with Crippen molar-refractivity contribution in [1.82, 2.24) is 9.88 Å². The third-order valence-electron chi connectivity index (χ3n) is 3.38.